The quantitative estimate of drug-likeness (QED) is 0.268. The molecule has 0 radical (unpaired) electrons. The smallest absolute Gasteiger partial charge is 0.330 e. The van der Waals surface area contributed by atoms with Gasteiger partial charge in [0.25, 0.3) is 5.69 Å². The number of nitrogens with zero attached hydrogens (tertiary/aromatic N) is 2. The Bertz CT molecular complexity index is 1110. The third-order valence-electron chi connectivity index (χ3n) is 4.11. The summed E-state index contributed by atoms with van der Waals surface area (Å²) in [6, 6.07) is 8.73. The van der Waals surface area contributed by atoms with Gasteiger partial charge < -0.3 is 14.8 Å². The molecule has 2 aromatic carbocycles. The van der Waals surface area contributed by atoms with E-state index in [4.69, 9.17) is 4.74 Å². The number of sulfonamides is 1. The van der Waals surface area contributed by atoms with E-state index < -0.39 is 20.9 Å². The number of hydrogen-bond donors (Lipinski definition) is 1. The molecule has 2 rings (SSSR count). The molecule has 0 aliphatic heterocycles. The number of nitro benzene ring substituents is 1. The van der Waals surface area contributed by atoms with E-state index in [0.717, 1.165) is 10.4 Å². The molecule has 0 saturated carbocycles. The molecule has 1 N–H and O–H groups in total. The number of rotatable bonds is 9. The molecule has 2 aromatic rings. The lowest BCUT2D eigenvalue weighted by Gasteiger charge is -2.17. The summed E-state index contributed by atoms with van der Waals surface area (Å²) in [5, 5.41) is 14.4. The van der Waals surface area contributed by atoms with Crippen molar-refractivity contribution in [2.24, 2.45) is 0 Å². The number of nitrogens with one attached hydrogen (secondary N) is 1. The summed E-state index contributed by atoms with van der Waals surface area (Å²) in [5.41, 5.74) is 0.644. The molecule has 0 amide bonds. The van der Waals surface area contributed by atoms with Gasteiger partial charge in [-0.2, -0.15) is 0 Å². The highest BCUT2D eigenvalue weighted by atomic mass is 32.2. The van der Waals surface area contributed by atoms with Crippen LogP contribution in [-0.4, -0.2) is 51.4 Å². The summed E-state index contributed by atoms with van der Waals surface area (Å²) >= 11 is 0. The van der Waals surface area contributed by atoms with Crippen molar-refractivity contribution in [1.29, 1.82) is 0 Å². The second-order valence-corrected chi connectivity index (χ2v) is 8.52. The van der Waals surface area contributed by atoms with Crippen LogP contribution in [0.1, 0.15) is 12.5 Å². The largest absolute Gasteiger partial charge is 0.492 e. The Balaban J connectivity index is 2.47. The standard InChI is InChI=1S/C20H23N3O7S/c1-5-30-18-10-8-15(13-19(18)31(27,28)22(2)3)21-16-9-6-14(7-11-20(24)29-4)12-17(16)23(25)26/h6-13,21H,5H2,1-4H3/b11-7+. The third kappa shape index (κ3) is 5.80. The number of nitro groups is 1. The van der Waals surface area contributed by atoms with Crippen LogP contribution in [0.3, 0.4) is 0 Å². The minimum atomic E-state index is -3.81. The first kappa shape index (κ1) is 23.8. The Morgan fingerprint density at radius 3 is 2.52 bits per heavy atom. The van der Waals surface area contributed by atoms with Crippen molar-refractivity contribution in [2.45, 2.75) is 11.8 Å². The monoisotopic (exact) mass is 449 g/mol. The molecule has 10 nitrogen and oxygen atoms in total. The third-order valence-corrected chi connectivity index (χ3v) is 5.95. The summed E-state index contributed by atoms with van der Waals surface area (Å²) in [4.78, 5) is 22.1. The minimum Gasteiger partial charge on any atom is -0.492 e. The molecular weight excluding hydrogens is 426 g/mol. The lowest BCUT2D eigenvalue weighted by atomic mass is 10.1. The topological polar surface area (TPSA) is 128 Å². The van der Waals surface area contributed by atoms with Gasteiger partial charge in [0, 0.05) is 31.9 Å². The van der Waals surface area contributed by atoms with Crippen LogP contribution in [0.2, 0.25) is 0 Å². The maximum absolute atomic E-state index is 12.7. The highest BCUT2D eigenvalue weighted by Crippen LogP contribution is 2.33. The van der Waals surface area contributed by atoms with Gasteiger partial charge in [-0.05, 0) is 42.8 Å². The fourth-order valence-electron chi connectivity index (χ4n) is 2.56. The summed E-state index contributed by atoms with van der Waals surface area (Å²) < 4.78 is 36.3. The number of esters is 1. The van der Waals surface area contributed by atoms with Gasteiger partial charge >= 0.3 is 5.97 Å². The number of ether oxygens (including phenoxy) is 2. The number of anilines is 2. The fraction of sp³-hybridized carbons (Fsp3) is 0.250. The van der Waals surface area contributed by atoms with Gasteiger partial charge in [-0.3, -0.25) is 10.1 Å². The summed E-state index contributed by atoms with van der Waals surface area (Å²) in [6.45, 7) is 2.01. The lowest BCUT2D eigenvalue weighted by Crippen LogP contribution is -2.23. The predicted octanol–water partition coefficient (Wildman–Crippen LogP) is 3.17. The molecule has 0 aromatic heterocycles. The average Bonchev–Trinajstić information content (AvgIpc) is 2.73. The zero-order valence-corrected chi connectivity index (χ0v) is 18.3. The number of benzene rings is 2. The van der Waals surface area contributed by atoms with Gasteiger partial charge in [0.2, 0.25) is 10.0 Å². The van der Waals surface area contributed by atoms with Gasteiger partial charge in [0.1, 0.15) is 16.3 Å². The van der Waals surface area contributed by atoms with Crippen LogP contribution in [0, 0.1) is 10.1 Å². The molecular formula is C20H23N3O7S. The summed E-state index contributed by atoms with van der Waals surface area (Å²) in [5.74, 6) is -0.409. The maximum atomic E-state index is 12.7. The van der Waals surface area contributed by atoms with Crippen molar-refractivity contribution in [3.05, 3.63) is 58.2 Å². The normalized spacial score (nSPS) is 11.5. The number of hydrogen-bond acceptors (Lipinski definition) is 8. The molecule has 0 saturated heterocycles. The van der Waals surface area contributed by atoms with Gasteiger partial charge in [0.05, 0.1) is 18.6 Å². The first-order valence-corrected chi connectivity index (χ1v) is 10.5. The van der Waals surface area contributed by atoms with E-state index in [9.17, 15) is 23.3 Å². The molecule has 0 spiro atoms. The van der Waals surface area contributed by atoms with E-state index >= 15 is 0 Å². The van der Waals surface area contributed by atoms with Crippen LogP contribution >= 0.6 is 0 Å². The van der Waals surface area contributed by atoms with Crippen LogP contribution in [0.25, 0.3) is 6.08 Å². The van der Waals surface area contributed by atoms with Gasteiger partial charge in [-0.15, -0.1) is 0 Å². The molecule has 0 aliphatic carbocycles. The number of carbonyl (C=O) groups excluding carboxylic acids is 1. The van der Waals surface area contributed by atoms with Crippen LogP contribution in [0.5, 0.6) is 5.75 Å². The Labute approximate surface area is 180 Å². The van der Waals surface area contributed by atoms with E-state index in [1.54, 1.807) is 19.1 Å². The van der Waals surface area contributed by atoms with Gasteiger partial charge in [-0.1, -0.05) is 6.07 Å². The summed E-state index contributed by atoms with van der Waals surface area (Å²) in [7, 11) is 0.210. The van der Waals surface area contributed by atoms with Crippen molar-refractivity contribution in [2.75, 3.05) is 33.1 Å². The van der Waals surface area contributed by atoms with Crippen LogP contribution < -0.4 is 10.1 Å². The average molecular weight is 449 g/mol. The van der Waals surface area contributed by atoms with E-state index in [0.29, 0.717) is 11.3 Å². The predicted molar refractivity (Wildman–Crippen MR) is 116 cm³/mol. The Morgan fingerprint density at radius 2 is 1.94 bits per heavy atom. The van der Waals surface area contributed by atoms with Crippen molar-refractivity contribution >= 4 is 39.1 Å². The molecule has 0 atom stereocenters. The zero-order chi connectivity index (χ0) is 23.2. The van der Waals surface area contributed by atoms with E-state index in [2.05, 4.69) is 10.1 Å². The zero-order valence-electron chi connectivity index (χ0n) is 17.5. The summed E-state index contributed by atoms with van der Waals surface area (Å²) in [6.07, 6.45) is 2.54. The minimum absolute atomic E-state index is 0.0652. The van der Waals surface area contributed by atoms with Crippen molar-refractivity contribution < 1.29 is 27.6 Å². The molecule has 0 aliphatic rings. The lowest BCUT2D eigenvalue weighted by molar-refractivity contribution is -0.383. The molecule has 0 unspecified atom stereocenters. The SMILES string of the molecule is CCOc1ccc(Nc2ccc(/C=C/C(=O)OC)cc2[N+](=O)[O-])cc1S(=O)(=O)N(C)C. The maximum Gasteiger partial charge on any atom is 0.330 e. The van der Waals surface area contributed by atoms with Crippen LogP contribution in [0.4, 0.5) is 17.1 Å². The van der Waals surface area contributed by atoms with Gasteiger partial charge in [-0.25, -0.2) is 17.5 Å². The van der Waals surface area contributed by atoms with Crippen molar-refractivity contribution in [3.8, 4) is 5.75 Å². The Hall–Kier alpha value is -3.44. The molecule has 166 valence electrons. The first-order valence-electron chi connectivity index (χ1n) is 9.11. The Kier molecular flexibility index (Phi) is 7.72. The molecule has 0 heterocycles. The molecule has 0 bridgehead atoms. The van der Waals surface area contributed by atoms with E-state index in [1.165, 1.54) is 51.5 Å². The number of carbonyl (C=O) groups is 1. The van der Waals surface area contributed by atoms with Crippen molar-refractivity contribution in [3.63, 3.8) is 0 Å². The highest BCUT2D eigenvalue weighted by molar-refractivity contribution is 7.89. The van der Waals surface area contributed by atoms with Crippen LogP contribution in [0.15, 0.2) is 47.4 Å². The molecule has 11 heteroatoms. The second-order valence-electron chi connectivity index (χ2n) is 6.40. The molecule has 0 fully saturated rings. The first-order chi connectivity index (χ1) is 14.6. The fourth-order valence-corrected chi connectivity index (χ4v) is 3.61. The van der Waals surface area contributed by atoms with Crippen LogP contribution in [-0.2, 0) is 19.6 Å². The highest BCUT2D eigenvalue weighted by Gasteiger charge is 2.23. The van der Waals surface area contributed by atoms with Crippen molar-refractivity contribution in [1.82, 2.24) is 4.31 Å². The van der Waals surface area contributed by atoms with Gasteiger partial charge in [0.15, 0.2) is 0 Å². The molecule has 31 heavy (non-hydrogen) atoms. The number of methoxy groups -OCH3 is 1. The second kappa shape index (κ2) is 10.0. The Morgan fingerprint density at radius 1 is 1.23 bits per heavy atom. The van der Waals surface area contributed by atoms with E-state index in [-0.39, 0.29) is 28.6 Å². The van der Waals surface area contributed by atoms with E-state index in [1.807, 2.05) is 0 Å².